The number of aliphatic hydroxyl groups is 1. The lowest BCUT2D eigenvalue weighted by Crippen LogP contribution is -2.19. The molecule has 0 amide bonds. The van der Waals surface area contributed by atoms with Crippen molar-refractivity contribution in [3.8, 4) is 28.4 Å². The Labute approximate surface area is 141 Å². The minimum absolute atomic E-state index is 0.123. The van der Waals surface area contributed by atoms with Gasteiger partial charge < -0.3 is 19.3 Å². The summed E-state index contributed by atoms with van der Waals surface area (Å²) in [5.74, 6) is 2.14. The van der Waals surface area contributed by atoms with Crippen molar-refractivity contribution in [3.63, 3.8) is 0 Å². The number of aryl methyl sites for hydroxylation is 1. The van der Waals surface area contributed by atoms with Crippen molar-refractivity contribution in [1.82, 2.24) is 0 Å². The maximum atomic E-state index is 9.49. The molecule has 2 rings (SSSR count). The first-order chi connectivity index (χ1) is 11.1. The molecule has 124 valence electrons. The molecule has 4 nitrogen and oxygen atoms in total. The second-order valence-corrected chi connectivity index (χ2v) is 5.48. The van der Waals surface area contributed by atoms with Gasteiger partial charge in [-0.25, -0.2) is 0 Å². The number of rotatable bonds is 7. The zero-order chi connectivity index (χ0) is 16.8. The van der Waals surface area contributed by atoms with E-state index in [2.05, 4.69) is 0 Å². The molecule has 1 unspecified atom stereocenters. The summed E-state index contributed by atoms with van der Waals surface area (Å²) in [6.45, 7) is 2.12. The van der Waals surface area contributed by atoms with Gasteiger partial charge in [-0.1, -0.05) is 18.2 Å². The van der Waals surface area contributed by atoms with Gasteiger partial charge in [-0.05, 0) is 41.8 Å². The molecule has 0 aromatic heterocycles. The molecule has 2 aromatic rings. The SMILES string of the molecule is COc1cc(-c2ccc(OCC(O)CCl)c(OC)c2)ccc1C. The van der Waals surface area contributed by atoms with Crippen LogP contribution in [0.3, 0.4) is 0 Å². The van der Waals surface area contributed by atoms with E-state index in [0.29, 0.717) is 11.5 Å². The van der Waals surface area contributed by atoms with E-state index in [1.54, 1.807) is 14.2 Å². The number of hydrogen-bond acceptors (Lipinski definition) is 4. The van der Waals surface area contributed by atoms with Gasteiger partial charge in [-0.15, -0.1) is 11.6 Å². The third-order valence-corrected chi connectivity index (χ3v) is 3.87. The molecule has 0 heterocycles. The van der Waals surface area contributed by atoms with Gasteiger partial charge in [0.15, 0.2) is 11.5 Å². The average molecular weight is 337 g/mol. The van der Waals surface area contributed by atoms with E-state index in [9.17, 15) is 5.11 Å². The number of alkyl halides is 1. The molecule has 1 N–H and O–H groups in total. The summed E-state index contributed by atoms with van der Waals surface area (Å²) in [4.78, 5) is 0. The molecule has 0 fully saturated rings. The molecule has 23 heavy (non-hydrogen) atoms. The molecule has 1 atom stereocenters. The minimum Gasteiger partial charge on any atom is -0.496 e. The fourth-order valence-electron chi connectivity index (χ4n) is 2.20. The number of ether oxygens (including phenoxy) is 3. The van der Waals surface area contributed by atoms with Crippen LogP contribution in [-0.2, 0) is 0 Å². The number of benzene rings is 2. The fourth-order valence-corrected chi connectivity index (χ4v) is 2.29. The van der Waals surface area contributed by atoms with Gasteiger partial charge in [-0.2, -0.15) is 0 Å². The highest BCUT2D eigenvalue weighted by molar-refractivity contribution is 6.18. The molecule has 0 radical (unpaired) electrons. The first-order valence-electron chi connectivity index (χ1n) is 7.29. The number of aliphatic hydroxyl groups excluding tert-OH is 1. The van der Waals surface area contributed by atoms with Crippen LogP contribution in [0.4, 0.5) is 0 Å². The second-order valence-electron chi connectivity index (χ2n) is 5.17. The first kappa shape index (κ1) is 17.4. The monoisotopic (exact) mass is 336 g/mol. The predicted molar refractivity (Wildman–Crippen MR) is 91.9 cm³/mol. The average Bonchev–Trinajstić information content (AvgIpc) is 2.59. The summed E-state index contributed by atoms with van der Waals surface area (Å²) in [6.07, 6.45) is -0.706. The normalized spacial score (nSPS) is 11.9. The molecular formula is C18H21ClO4. The van der Waals surface area contributed by atoms with E-state index in [4.69, 9.17) is 25.8 Å². The van der Waals surface area contributed by atoms with Crippen LogP contribution in [0.5, 0.6) is 17.2 Å². The number of hydrogen-bond donors (Lipinski definition) is 1. The summed E-state index contributed by atoms with van der Waals surface area (Å²) in [5.41, 5.74) is 3.10. The number of methoxy groups -OCH3 is 2. The van der Waals surface area contributed by atoms with Crippen molar-refractivity contribution in [3.05, 3.63) is 42.0 Å². The quantitative estimate of drug-likeness (QED) is 0.784. The van der Waals surface area contributed by atoms with Crippen LogP contribution in [0, 0.1) is 6.92 Å². The van der Waals surface area contributed by atoms with E-state index < -0.39 is 6.10 Å². The van der Waals surface area contributed by atoms with Gasteiger partial charge in [-0.3, -0.25) is 0 Å². The van der Waals surface area contributed by atoms with Crippen LogP contribution in [0.25, 0.3) is 11.1 Å². The summed E-state index contributed by atoms with van der Waals surface area (Å²) in [5, 5.41) is 9.49. The molecule has 0 saturated heterocycles. The maximum absolute atomic E-state index is 9.49. The van der Waals surface area contributed by atoms with Crippen molar-refractivity contribution in [2.24, 2.45) is 0 Å². The topological polar surface area (TPSA) is 47.9 Å². The Balaban J connectivity index is 2.28. The summed E-state index contributed by atoms with van der Waals surface area (Å²) < 4.78 is 16.3. The Morgan fingerprint density at radius 3 is 2.17 bits per heavy atom. The third kappa shape index (κ3) is 4.30. The standard InChI is InChI=1S/C18H21ClO4/c1-12-4-5-13(8-17(12)21-2)14-6-7-16(18(9-14)22-3)23-11-15(20)10-19/h4-9,15,20H,10-11H2,1-3H3. The minimum atomic E-state index is -0.706. The lowest BCUT2D eigenvalue weighted by atomic mass is 10.0. The van der Waals surface area contributed by atoms with Gasteiger partial charge in [0.25, 0.3) is 0 Å². The summed E-state index contributed by atoms with van der Waals surface area (Å²) >= 11 is 5.57. The van der Waals surface area contributed by atoms with Crippen molar-refractivity contribution < 1.29 is 19.3 Å². The summed E-state index contributed by atoms with van der Waals surface area (Å²) in [7, 11) is 3.24. The first-order valence-corrected chi connectivity index (χ1v) is 7.82. The smallest absolute Gasteiger partial charge is 0.161 e. The highest BCUT2D eigenvalue weighted by Gasteiger charge is 2.10. The van der Waals surface area contributed by atoms with Crippen LogP contribution in [-0.4, -0.2) is 37.9 Å². The Kier molecular flexibility index (Phi) is 6.13. The number of halogens is 1. The lowest BCUT2D eigenvalue weighted by molar-refractivity contribution is 0.123. The molecule has 0 aliphatic rings. The van der Waals surface area contributed by atoms with Crippen molar-refractivity contribution in [2.45, 2.75) is 13.0 Å². The highest BCUT2D eigenvalue weighted by atomic mass is 35.5. The van der Waals surface area contributed by atoms with Crippen molar-refractivity contribution in [2.75, 3.05) is 26.7 Å². The molecule has 5 heteroatoms. The highest BCUT2D eigenvalue weighted by Crippen LogP contribution is 2.34. The van der Waals surface area contributed by atoms with Crippen LogP contribution in [0.1, 0.15) is 5.56 Å². The van der Waals surface area contributed by atoms with Crippen LogP contribution < -0.4 is 14.2 Å². The molecule has 2 aromatic carbocycles. The van der Waals surface area contributed by atoms with Gasteiger partial charge in [0.1, 0.15) is 18.5 Å². The fraction of sp³-hybridized carbons (Fsp3) is 0.333. The van der Waals surface area contributed by atoms with Gasteiger partial charge in [0.05, 0.1) is 20.1 Å². The largest absolute Gasteiger partial charge is 0.496 e. The Morgan fingerprint density at radius 1 is 0.957 bits per heavy atom. The zero-order valence-corrected chi connectivity index (χ0v) is 14.3. The van der Waals surface area contributed by atoms with Crippen LogP contribution >= 0.6 is 11.6 Å². The van der Waals surface area contributed by atoms with E-state index in [1.165, 1.54) is 0 Å². The van der Waals surface area contributed by atoms with Gasteiger partial charge >= 0.3 is 0 Å². The maximum Gasteiger partial charge on any atom is 0.161 e. The third-order valence-electron chi connectivity index (χ3n) is 3.51. The van der Waals surface area contributed by atoms with Crippen molar-refractivity contribution in [1.29, 1.82) is 0 Å². The molecule has 0 spiro atoms. The molecule has 0 aliphatic heterocycles. The van der Waals surface area contributed by atoms with E-state index >= 15 is 0 Å². The van der Waals surface area contributed by atoms with E-state index in [0.717, 1.165) is 22.4 Å². The molecule has 0 saturated carbocycles. The summed E-state index contributed by atoms with van der Waals surface area (Å²) in [6, 6.07) is 11.7. The van der Waals surface area contributed by atoms with E-state index in [-0.39, 0.29) is 12.5 Å². The zero-order valence-electron chi connectivity index (χ0n) is 13.5. The van der Waals surface area contributed by atoms with Gasteiger partial charge in [0, 0.05) is 0 Å². The van der Waals surface area contributed by atoms with Crippen LogP contribution in [0.15, 0.2) is 36.4 Å². The second kappa shape index (κ2) is 8.09. The molecule has 0 bridgehead atoms. The van der Waals surface area contributed by atoms with Crippen LogP contribution in [0.2, 0.25) is 0 Å². The van der Waals surface area contributed by atoms with E-state index in [1.807, 2.05) is 43.3 Å². The molecule has 0 aliphatic carbocycles. The Hall–Kier alpha value is -1.91. The Morgan fingerprint density at radius 2 is 1.57 bits per heavy atom. The predicted octanol–water partition coefficient (Wildman–Crippen LogP) is 3.66. The van der Waals surface area contributed by atoms with Gasteiger partial charge in [0.2, 0.25) is 0 Å². The van der Waals surface area contributed by atoms with Crippen molar-refractivity contribution >= 4 is 11.6 Å². The lowest BCUT2D eigenvalue weighted by Gasteiger charge is -2.14. The molecular weight excluding hydrogens is 316 g/mol. The Bertz CT molecular complexity index is 657.